The van der Waals surface area contributed by atoms with Crippen molar-refractivity contribution in [1.82, 2.24) is 35.1 Å². The zero-order chi connectivity index (χ0) is 65.4. The molecule has 2 aliphatic rings. The number of likely N-dealkylation sites (N-methyl/N-ethyl adjacent to an activating group) is 4. The summed E-state index contributed by atoms with van der Waals surface area (Å²) < 4.78 is 16.5. The summed E-state index contributed by atoms with van der Waals surface area (Å²) in [6, 6.07) is 53.7. The Morgan fingerprint density at radius 2 is 0.967 bits per heavy atom. The number of carbonyl (C=O) groups excluding carboxylic acids is 3. The summed E-state index contributed by atoms with van der Waals surface area (Å²) in [4.78, 5) is 68.9. The third-order valence-electron chi connectivity index (χ3n) is 13.9. The Kier molecular flexibility index (Phi) is 24.7. The van der Waals surface area contributed by atoms with E-state index in [1.807, 2.05) is 206 Å². The third-order valence-corrected chi connectivity index (χ3v) is 14.3. The van der Waals surface area contributed by atoms with Crippen LogP contribution in [0.4, 0.5) is 28.1 Å². The molecule has 472 valence electrons. The summed E-state index contributed by atoms with van der Waals surface area (Å²) in [6.45, 7) is 2.89. The molecule has 0 saturated heterocycles. The van der Waals surface area contributed by atoms with E-state index in [2.05, 4.69) is 35.2 Å². The minimum absolute atomic E-state index is 0.0420. The second-order valence-electron chi connectivity index (χ2n) is 20.6. The third kappa shape index (κ3) is 20.7. The highest BCUT2D eigenvalue weighted by Gasteiger charge is 2.26. The molecule has 0 bridgehead atoms. The number of benzene rings is 6. The van der Waals surface area contributed by atoms with Gasteiger partial charge in [-0.05, 0) is 93.1 Å². The molecule has 4 heterocycles. The maximum Gasteiger partial charge on any atom is 0.407 e. The minimum Gasteiger partial charge on any atom is -0.473 e. The highest BCUT2D eigenvalue weighted by Crippen LogP contribution is 2.24. The minimum atomic E-state index is -0.504. The van der Waals surface area contributed by atoms with E-state index in [-0.39, 0.29) is 53.8 Å². The molecule has 0 saturated carbocycles. The van der Waals surface area contributed by atoms with Crippen LogP contribution >= 0.6 is 23.2 Å². The van der Waals surface area contributed by atoms with Crippen molar-refractivity contribution < 1.29 is 33.7 Å². The molecule has 92 heavy (non-hydrogen) atoms. The average molecular weight is 1280 g/mol. The number of hydrogen-bond donors (Lipinski definition) is 5. The number of nitrogens with two attached hydrogens (primary N) is 3. The van der Waals surface area contributed by atoms with Gasteiger partial charge in [0.05, 0.1) is 13.2 Å². The Labute approximate surface area is 544 Å². The molecule has 0 spiro atoms. The number of amides is 3. The van der Waals surface area contributed by atoms with Crippen LogP contribution in [0.2, 0.25) is 10.3 Å². The number of carbonyl (C=O) groups is 3. The molecule has 6 aromatic carbocycles. The quantitative estimate of drug-likeness (QED) is 0.0312. The molecule has 8 aromatic rings. The van der Waals surface area contributed by atoms with Crippen LogP contribution in [-0.2, 0) is 40.6 Å². The summed E-state index contributed by atoms with van der Waals surface area (Å²) >= 11 is 11.6. The predicted octanol–water partition coefficient (Wildman–Crippen LogP) is 10.4. The van der Waals surface area contributed by atoms with Crippen molar-refractivity contribution in [2.24, 2.45) is 15.7 Å². The Balaban J connectivity index is 0.000000202. The first-order valence-electron chi connectivity index (χ1n) is 29.0. The zero-order valence-corrected chi connectivity index (χ0v) is 52.7. The number of aliphatic hydroxyl groups excluding tert-OH is 1. The van der Waals surface area contributed by atoms with Gasteiger partial charge in [-0.3, -0.25) is 19.4 Å². The Morgan fingerprint density at radius 1 is 0.554 bits per heavy atom. The number of nitrogens with zero attached hydrogens (tertiary/aromatic N) is 10. The number of alkyl carbamates (subject to hydrolysis) is 1. The molecule has 2 aromatic heterocycles. The highest BCUT2D eigenvalue weighted by atomic mass is 35.5. The van der Waals surface area contributed by atoms with E-state index < -0.39 is 6.09 Å². The highest BCUT2D eigenvalue weighted by molar-refractivity contribution is 6.30. The fourth-order valence-electron chi connectivity index (χ4n) is 8.69. The first kappa shape index (κ1) is 67.2. The molecule has 21 nitrogen and oxygen atoms in total. The van der Waals surface area contributed by atoms with E-state index in [4.69, 9.17) is 59.7 Å². The van der Waals surface area contributed by atoms with E-state index in [1.165, 1.54) is 17.0 Å². The normalized spacial score (nSPS) is 13.6. The number of halogens is 2. The van der Waals surface area contributed by atoms with E-state index >= 15 is 0 Å². The van der Waals surface area contributed by atoms with E-state index in [1.54, 1.807) is 31.1 Å². The number of nitrogen functional groups attached to an aromatic ring is 2. The van der Waals surface area contributed by atoms with Crippen LogP contribution in [0.15, 0.2) is 203 Å². The summed E-state index contributed by atoms with van der Waals surface area (Å²) in [7, 11) is 7.28. The lowest BCUT2D eigenvalue weighted by molar-refractivity contribution is -0.122. The number of rotatable bonds is 22. The maximum atomic E-state index is 12.7. The standard InChI is InChI=1S/C35H34ClN7O4.C22H23N3O2.C12H13ClN4O/c1-42(18-19-46-35(45)38-22-26-8-10-27(11-9-26)23-47-32-21-30(36)40-34(37)41-32)28-15-12-25(13-16-28)20-29-33(44)43(2)31(39-29)17-14-24-6-4-3-5-7-24;1-24(14-15-26)19-11-8-18(9-12-19)16-20-22(27)25(2)21(23-20)13-10-17-6-4-3-5-7-17;13-10-5-11(17-12(15)16-10)18-7-9-3-1-8(6-14)2-4-9/h3-17,20-21H,18-19,22-23H2,1-2H3,(H,38,45)(H2,37,40,41);3-13,16,26H,14-15H2,1-2H3;1-5H,6-7,14H2,(H2,15,16,17)/b17-14+,29-20-;13-10+,20-16-;. The molecule has 8 N–H and O–H groups in total. The van der Waals surface area contributed by atoms with Crippen LogP contribution < -0.4 is 41.8 Å². The van der Waals surface area contributed by atoms with Crippen molar-refractivity contribution in [3.8, 4) is 11.8 Å². The van der Waals surface area contributed by atoms with Crippen molar-refractivity contribution in [1.29, 1.82) is 0 Å². The van der Waals surface area contributed by atoms with Crippen molar-refractivity contribution in [2.75, 3.05) is 75.8 Å². The van der Waals surface area contributed by atoms with Gasteiger partial charge in [-0.2, -0.15) is 9.97 Å². The number of hydrogen-bond acceptors (Lipinski definition) is 18. The fourth-order valence-corrected chi connectivity index (χ4v) is 9.05. The number of aliphatic hydroxyl groups is 1. The van der Waals surface area contributed by atoms with Crippen molar-refractivity contribution in [2.45, 2.75) is 26.3 Å². The first-order valence-corrected chi connectivity index (χ1v) is 29.7. The van der Waals surface area contributed by atoms with Gasteiger partial charge in [-0.25, -0.2) is 24.7 Å². The second-order valence-corrected chi connectivity index (χ2v) is 21.4. The van der Waals surface area contributed by atoms with Gasteiger partial charge in [-0.1, -0.05) is 169 Å². The Hall–Kier alpha value is -10.7. The van der Waals surface area contributed by atoms with E-state index in [0.29, 0.717) is 67.6 Å². The van der Waals surface area contributed by atoms with Gasteiger partial charge in [-0.15, -0.1) is 0 Å². The summed E-state index contributed by atoms with van der Waals surface area (Å²) in [5.74, 6) is 1.71. The van der Waals surface area contributed by atoms with E-state index in [9.17, 15) is 14.4 Å². The number of ether oxygens (including phenoxy) is 3. The van der Waals surface area contributed by atoms with Gasteiger partial charge >= 0.3 is 6.09 Å². The molecular weight excluding hydrogens is 1210 g/mol. The SMILES string of the molecule is CN1C(=O)/C(=C/c2ccc(N(C)CCO)cc2)N=C1/C=C/c1ccccc1.CN1C(=O)/C(=C/c2ccc(N(C)CCOC(=O)NCc3ccc(COc4cc(Cl)nc(N)n4)cc3)cc2)N=C1/C=C/c1ccccc1.NCc1ccc(COc2cc(Cl)nc(N)n2)cc1. The molecule has 3 amide bonds. The lowest BCUT2D eigenvalue weighted by Crippen LogP contribution is -2.28. The summed E-state index contributed by atoms with van der Waals surface area (Å²) in [5, 5.41) is 12.3. The molecule has 2 aliphatic heterocycles. The van der Waals surface area contributed by atoms with Gasteiger partial charge in [0, 0.05) is 71.3 Å². The van der Waals surface area contributed by atoms with Crippen molar-refractivity contribution >= 4 is 100 Å². The van der Waals surface area contributed by atoms with Gasteiger partial charge in [0.25, 0.3) is 11.8 Å². The molecule has 0 unspecified atom stereocenters. The molecule has 0 aliphatic carbocycles. The van der Waals surface area contributed by atoms with Gasteiger partial charge < -0.3 is 51.6 Å². The van der Waals surface area contributed by atoms with Crippen LogP contribution in [0, 0.1) is 0 Å². The monoisotopic (exact) mass is 1280 g/mol. The van der Waals surface area contributed by atoms with Crippen LogP contribution in [0.1, 0.15) is 44.5 Å². The molecule has 0 fully saturated rings. The van der Waals surface area contributed by atoms with Gasteiger partial charge in [0.15, 0.2) is 0 Å². The fraction of sp³-hybridized carbons (Fsp3) is 0.174. The molecule has 0 atom stereocenters. The van der Waals surface area contributed by atoms with Crippen molar-refractivity contribution in [3.63, 3.8) is 0 Å². The van der Waals surface area contributed by atoms with E-state index in [0.717, 1.165) is 55.9 Å². The number of anilines is 4. The first-order chi connectivity index (χ1) is 44.5. The van der Waals surface area contributed by atoms with Crippen LogP contribution in [0.25, 0.3) is 24.3 Å². The van der Waals surface area contributed by atoms with Crippen LogP contribution in [0.3, 0.4) is 0 Å². The molecule has 10 rings (SSSR count). The lowest BCUT2D eigenvalue weighted by atomic mass is 10.1. The maximum absolute atomic E-state index is 12.7. The number of aromatic nitrogens is 4. The second kappa shape index (κ2) is 33.8. The number of nitrogens with one attached hydrogen (secondary N) is 1. The van der Waals surface area contributed by atoms with Crippen LogP contribution in [-0.4, -0.2) is 119 Å². The Bertz CT molecular complexity index is 3930. The van der Waals surface area contributed by atoms with Gasteiger partial charge in [0.2, 0.25) is 23.7 Å². The van der Waals surface area contributed by atoms with Gasteiger partial charge in [0.1, 0.15) is 53.2 Å². The topological polar surface area (TPSA) is 278 Å². The van der Waals surface area contributed by atoms with Crippen LogP contribution in [0.5, 0.6) is 11.8 Å². The molecule has 0 radical (unpaired) electrons. The zero-order valence-electron chi connectivity index (χ0n) is 51.1. The summed E-state index contributed by atoms with van der Waals surface area (Å²) in [6.07, 6.45) is 10.6. The Morgan fingerprint density at radius 3 is 1.38 bits per heavy atom. The smallest absolute Gasteiger partial charge is 0.407 e. The molecule has 23 heteroatoms. The molecular formula is C69H70Cl2N14O7. The lowest BCUT2D eigenvalue weighted by Gasteiger charge is -2.19. The average Bonchev–Trinajstić information content (AvgIpc) is 1.94. The number of aliphatic imine (C=N–C) groups is 2. The van der Waals surface area contributed by atoms with Crippen molar-refractivity contribution in [3.05, 3.63) is 248 Å². The summed E-state index contributed by atoms with van der Waals surface area (Å²) in [5.41, 5.74) is 27.1. The predicted molar refractivity (Wildman–Crippen MR) is 364 cm³/mol. The number of amidine groups is 2. The largest absolute Gasteiger partial charge is 0.473 e.